The van der Waals surface area contributed by atoms with Crippen LogP contribution < -0.4 is 0 Å². The Kier molecular flexibility index (Phi) is 3.98. The van der Waals surface area contributed by atoms with Gasteiger partial charge in [-0.05, 0) is 31.6 Å². The topological polar surface area (TPSA) is 33.1 Å². The molecule has 16 heavy (non-hydrogen) atoms. The van der Waals surface area contributed by atoms with Gasteiger partial charge in [-0.15, -0.1) is 11.3 Å². The first kappa shape index (κ1) is 12.1. The fourth-order valence-electron chi connectivity index (χ4n) is 2.74. The van der Waals surface area contributed by atoms with Crippen molar-refractivity contribution < 1.29 is 5.11 Å². The van der Waals surface area contributed by atoms with E-state index in [-0.39, 0.29) is 0 Å². The molecule has 90 valence electrons. The van der Waals surface area contributed by atoms with Gasteiger partial charge >= 0.3 is 0 Å². The van der Waals surface area contributed by atoms with E-state index in [2.05, 4.69) is 11.9 Å². The minimum absolute atomic E-state index is 0.448. The van der Waals surface area contributed by atoms with E-state index in [0.717, 1.165) is 25.2 Å². The van der Waals surface area contributed by atoms with Crippen molar-refractivity contribution in [1.82, 2.24) is 4.98 Å². The second-order valence-corrected chi connectivity index (χ2v) is 6.07. The zero-order valence-corrected chi connectivity index (χ0v) is 10.8. The van der Waals surface area contributed by atoms with E-state index in [4.69, 9.17) is 0 Å². The molecule has 0 amide bonds. The Bertz CT molecular complexity index is 302. The number of nitrogens with zero attached hydrogens (tertiary/aromatic N) is 1. The molecule has 1 aromatic rings. The maximum Gasteiger partial charge on any atom is 0.0794 e. The molecule has 1 N–H and O–H groups in total. The van der Waals surface area contributed by atoms with Crippen LogP contribution in [0.1, 0.15) is 50.3 Å². The Morgan fingerprint density at radius 2 is 2.25 bits per heavy atom. The van der Waals surface area contributed by atoms with Crippen LogP contribution in [0.25, 0.3) is 0 Å². The van der Waals surface area contributed by atoms with Gasteiger partial charge in [0.15, 0.2) is 0 Å². The fourth-order valence-corrected chi connectivity index (χ4v) is 3.47. The third-order valence-electron chi connectivity index (χ3n) is 3.72. The summed E-state index contributed by atoms with van der Waals surface area (Å²) in [6.45, 7) is 2.25. The minimum atomic E-state index is -0.448. The summed E-state index contributed by atoms with van der Waals surface area (Å²) >= 11 is 1.66. The Hall–Kier alpha value is -0.410. The molecule has 0 spiro atoms. The number of hydrogen-bond acceptors (Lipinski definition) is 3. The molecule has 0 radical (unpaired) electrons. The van der Waals surface area contributed by atoms with Gasteiger partial charge < -0.3 is 5.11 Å². The average Bonchev–Trinajstić information content (AvgIpc) is 2.74. The van der Waals surface area contributed by atoms with Gasteiger partial charge in [0.25, 0.3) is 0 Å². The second-order valence-electron chi connectivity index (χ2n) is 5.10. The van der Waals surface area contributed by atoms with Gasteiger partial charge in [-0.3, -0.25) is 4.98 Å². The van der Waals surface area contributed by atoms with Crippen LogP contribution >= 0.6 is 11.3 Å². The van der Waals surface area contributed by atoms with E-state index in [1.807, 2.05) is 11.7 Å². The standard InChI is InChI=1S/C13H21NOS/c1-2-3-11-4-6-13(15,7-5-11)8-12-9-14-10-16-12/h9-11,15H,2-8H2,1H3. The predicted octanol–water partition coefficient (Wildman–Crippen LogP) is 3.41. The molecule has 1 saturated carbocycles. The molecule has 0 bridgehead atoms. The smallest absolute Gasteiger partial charge is 0.0794 e. The third kappa shape index (κ3) is 3.05. The van der Waals surface area contributed by atoms with Gasteiger partial charge in [-0.1, -0.05) is 19.8 Å². The molecular weight excluding hydrogens is 218 g/mol. The van der Waals surface area contributed by atoms with Crippen molar-refractivity contribution >= 4 is 11.3 Å². The highest BCUT2D eigenvalue weighted by molar-refractivity contribution is 7.09. The molecule has 0 atom stereocenters. The van der Waals surface area contributed by atoms with Crippen molar-refractivity contribution in [3.8, 4) is 0 Å². The molecule has 2 rings (SSSR count). The molecule has 1 aromatic heterocycles. The summed E-state index contributed by atoms with van der Waals surface area (Å²) in [6, 6.07) is 0. The number of aromatic nitrogens is 1. The summed E-state index contributed by atoms with van der Waals surface area (Å²) in [6.07, 6.45) is 9.63. The van der Waals surface area contributed by atoms with E-state index in [0.29, 0.717) is 0 Å². The maximum atomic E-state index is 10.5. The minimum Gasteiger partial charge on any atom is -0.390 e. The van der Waals surface area contributed by atoms with Crippen LogP contribution in [0.5, 0.6) is 0 Å². The normalized spacial score (nSPS) is 30.5. The van der Waals surface area contributed by atoms with E-state index in [1.54, 1.807) is 11.3 Å². The molecule has 3 heteroatoms. The van der Waals surface area contributed by atoms with Crippen molar-refractivity contribution in [2.45, 2.75) is 57.5 Å². The van der Waals surface area contributed by atoms with Crippen LogP contribution in [0.3, 0.4) is 0 Å². The Morgan fingerprint density at radius 3 is 2.81 bits per heavy atom. The van der Waals surface area contributed by atoms with E-state index < -0.39 is 5.60 Å². The third-order valence-corrected chi connectivity index (χ3v) is 4.50. The number of thiazole rings is 1. The summed E-state index contributed by atoms with van der Waals surface area (Å²) in [5.74, 6) is 0.853. The second kappa shape index (κ2) is 5.28. The molecule has 1 fully saturated rings. The summed E-state index contributed by atoms with van der Waals surface area (Å²) < 4.78 is 0. The first-order valence-corrected chi connectivity index (χ1v) is 7.19. The lowest BCUT2D eigenvalue weighted by Gasteiger charge is -2.35. The van der Waals surface area contributed by atoms with Crippen LogP contribution in [-0.2, 0) is 6.42 Å². The van der Waals surface area contributed by atoms with Gasteiger partial charge in [0, 0.05) is 17.5 Å². The first-order chi connectivity index (χ1) is 7.72. The summed E-state index contributed by atoms with van der Waals surface area (Å²) in [4.78, 5) is 5.29. The summed E-state index contributed by atoms with van der Waals surface area (Å²) in [7, 11) is 0. The first-order valence-electron chi connectivity index (χ1n) is 6.31. The predicted molar refractivity (Wildman–Crippen MR) is 67.6 cm³/mol. The van der Waals surface area contributed by atoms with Crippen LogP contribution in [-0.4, -0.2) is 15.7 Å². The quantitative estimate of drug-likeness (QED) is 0.873. The van der Waals surface area contributed by atoms with Gasteiger partial charge in [0.1, 0.15) is 0 Å². The van der Waals surface area contributed by atoms with E-state index >= 15 is 0 Å². The van der Waals surface area contributed by atoms with E-state index in [9.17, 15) is 5.11 Å². The van der Waals surface area contributed by atoms with Crippen molar-refractivity contribution in [1.29, 1.82) is 0 Å². The lowest BCUT2D eigenvalue weighted by atomic mass is 9.75. The number of rotatable bonds is 4. The number of aliphatic hydroxyl groups is 1. The maximum absolute atomic E-state index is 10.5. The fraction of sp³-hybridized carbons (Fsp3) is 0.769. The average molecular weight is 239 g/mol. The van der Waals surface area contributed by atoms with Crippen LogP contribution in [0, 0.1) is 5.92 Å². The summed E-state index contributed by atoms with van der Waals surface area (Å²) in [5, 5.41) is 10.5. The summed E-state index contributed by atoms with van der Waals surface area (Å²) in [5.41, 5.74) is 1.40. The molecular formula is C13H21NOS. The van der Waals surface area contributed by atoms with Gasteiger partial charge in [0.05, 0.1) is 11.1 Å². The van der Waals surface area contributed by atoms with Crippen molar-refractivity contribution in [2.75, 3.05) is 0 Å². The molecule has 0 unspecified atom stereocenters. The van der Waals surface area contributed by atoms with Crippen LogP contribution in [0.4, 0.5) is 0 Å². The zero-order valence-electron chi connectivity index (χ0n) is 9.98. The highest BCUT2D eigenvalue weighted by Crippen LogP contribution is 2.36. The van der Waals surface area contributed by atoms with Crippen molar-refractivity contribution in [3.63, 3.8) is 0 Å². The van der Waals surface area contributed by atoms with Gasteiger partial charge in [0.2, 0.25) is 0 Å². The van der Waals surface area contributed by atoms with Crippen molar-refractivity contribution in [2.24, 2.45) is 5.92 Å². The molecule has 2 nitrogen and oxygen atoms in total. The molecule has 0 aromatic carbocycles. The highest BCUT2D eigenvalue weighted by atomic mass is 32.1. The molecule has 1 heterocycles. The van der Waals surface area contributed by atoms with Gasteiger partial charge in [-0.2, -0.15) is 0 Å². The molecule has 0 aliphatic heterocycles. The molecule has 1 aliphatic rings. The van der Waals surface area contributed by atoms with Crippen LogP contribution in [0.2, 0.25) is 0 Å². The van der Waals surface area contributed by atoms with Crippen LogP contribution in [0.15, 0.2) is 11.7 Å². The van der Waals surface area contributed by atoms with Gasteiger partial charge in [-0.25, -0.2) is 0 Å². The Balaban J connectivity index is 1.86. The highest BCUT2D eigenvalue weighted by Gasteiger charge is 2.33. The lowest BCUT2D eigenvalue weighted by molar-refractivity contribution is -0.00926. The molecule has 0 saturated heterocycles. The van der Waals surface area contributed by atoms with E-state index in [1.165, 1.54) is 30.6 Å². The Morgan fingerprint density at radius 1 is 1.50 bits per heavy atom. The lowest BCUT2D eigenvalue weighted by Crippen LogP contribution is -2.36. The monoisotopic (exact) mass is 239 g/mol. The SMILES string of the molecule is CCCC1CCC(O)(Cc2cncs2)CC1. The van der Waals surface area contributed by atoms with Crippen molar-refractivity contribution in [3.05, 3.63) is 16.6 Å². The molecule has 1 aliphatic carbocycles. The zero-order chi connectivity index (χ0) is 11.4. The number of hydrogen-bond donors (Lipinski definition) is 1. The Labute approximate surface area is 102 Å². The largest absolute Gasteiger partial charge is 0.390 e.